The van der Waals surface area contributed by atoms with E-state index in [9.17, 15) is 17.7 Å². The third-order valence-electron chi connectivity index (χ3n) is 5.31. The molecular formula is C20H22F3N4OP. The van der Waals surface area contributed by atoms with Crippen molar-refractivity contribution in [1.29, 1.82) is 0 Å². The molecule has 0 amide bonds. The minimum atomic E-state index is -4.59. The Hall–Kier alpha value is -2.34. The van der Waals surface area contributed by atoms with E-state index >= 15 is 0 Å². The molecule has 0 saturated heterocycles. The summed E-state index contributed by atoms with van der Waals surface area (Å²) in [5, 5.41) is 4.32. The van der Waals surface area contributed by atoms with Crippen LogP contribution in [0.2, 0.25) is 0 Å². The molecule has 2 heterocycles. The summed E-state index contributed by atoms with van der Waals surface area (Å²) in [6.45, 7) is 3.27. The van der Waals surface area contributed by atoms with E-state index in [1.165, 1.54) is 6.20 Å². The molecule has 0 bridgehead atoms. The second-order valence-electron chi connectivity index (χ2n) is 7.83. The van der Waals surface area contributed by atoms with Gasteiger partial charge in [-0.25, -0.2) is 9.97 Å². The second-order valence-corrected chi connectivity index (χ2v) is 11.0. The van der Waals surface area contributed by atoms with Crippen molar-refractivity contribution in [1.82, 2.24) is 15.0 Å². The van der Waals surface area contributed by atoms with Crippen LogP contribution in [0.1, 0.15) is 31.2 Å². The Labute approximate surface area is 166 Å². The lowest BCUT2D eigenvalue weighted by Crippen LogP contribution is -2.18. The van der Waals surface area contributed by atoms with Crippen LogP contribution in [-0.2, 0) is 10.7 Å². The third-order valence-corrected chi connectivity index (χ3v) is 6.84. The van der Waals surface area contributed by atoms with Crippen molar-refractivity contribution in [3.8, 4) is 11.3 Å². The number of aromatic amines is 1. The van der Waals surface area contributed by atoms with Crippen LogP contribution in [0.3, 0.4) is 0 Å². The minimum absolute atomic E-state index is 0.181. The summed E-state index contributed by atoms with van der Waals surface area (Å²) >= 11 is 0. The molecule has 0 aliphatic heterocycles. The van der Waals surface area contributed by atoms with Gasteiger partial charge in [-0.3, -0.25) is 0 Å². The fourth-order valence-corrected chi connectivity index (χ4v) is 5.07. The van der Waals surface area contributed by atoms with E-state index in [1.807, 2.05) is 0 Å². The first-order valence-corrected chi connectivity index (χ1v) is 12.1. The van der Waals surface area contributed by atoms with Gasteiger partial charge in [0.05, 0.1) is 11.2 Å². The van der Waals surface area contributed by atoms with Crippen molar-refractivity contribution < 1.29 is 17.7 Å². The molecule has 0 atom stereocenters. The third kappa shape index (κ3) is 3.90. The van der Waals surface area contributed by atoms with Gasteiger partial charge < -0.3 is 14.9 Å². The molecule has 9 heteroatoms. The molecule has 154 valence electrons. The van der Waals surface area contributed by atoms with Crippen molar-refractivity contribution >= 4 is 29.3 Å². The quantitative estimate of drug-likeness (QED) is 0.564. The maximum atomic E-state index is 13.7. The molecule has 1 aliphatic carbocycles. The summed E-state index contributed by atoms with van der Waals surface area (Å²) in [5.41, 5.74) is -0.178. The fraction of sp³-hybridized carbons (Fsp3) is 0.400. The van der Waals surface area contributed by atoms with E-state index in [0.29, 0.717) is 21.8 Å². The van der Waals surface area contributed by atoms with Gasteiger partial charge in [-0.2, -0.15) is 13.2 Å². The molecule has 29 heavy (non-hydrogen) atoms. The van der Waals surface area contributed by atoms with E-state index in [-0.39, 0.29) is 17.7 Å². The summed E-state index contributed by atoms with van der Waals surface area (Å²) in [6, 6.07) is 5.34. The molecule has 0 radical (unpaired) electrons. The van der Waals surface area contributed by atoms with Crippen molar-refractivity contribution in [3.05, 3.63) is 36.2 Å². The number of fused-ring (bicyclic) bond motifs is 1. The van der Waals surface area contributed by atoms with Crippen LogP contribution in [0.5, 0.6) is 0 Å². The number of nitrogens with one attached hydrogen (secondary N) is 2. The molecule has 1 aliphatic rings. The minimum Gasteiger partial charge on any atom is -0.360 e. The number of halogens is 3. The number of anilines is 1. The largest absolute Gasteiger partial charge is 0.419 e. The number of hydrogen-bond donors (Lipinski definition) is 2. The highest BCUT2D eigenvalue weighted by Crippen LogP contribution is 2.41. The number of H-pyrrole nitrogens is 1. The number of alkyl halides is 3. The van der Waals surface area contributed by atoms with Crippen LogP contribution in [0, 0.1) is 0 Å². The molecule has 2 aromatic heterocycles. The maximum absolute atomic E-state index is 13.7. The van der Waals surface area contributed by atoms with Gasteiger partial charge in [-0.1, -0.05) is 25.0 Å². The molecule has 2 N–H and O–H groups in total. The average Bonchev–Trinajstić information content (AvgIpc) is 3.29. The van der Waals surface area contributed by atoms with Crippen molar-refractivity contribution in [2.24, 2.45) is 0 Å². The van der Waals surface area contributed by atoms with Crippen molar-refractivity contribution in [2.75, 3.05) is 18.6 Å². The van der Waals surface area contributed by atoms with Gasteiger partial charge in [0.25, 0.3) is 0 Å². The highest BCUT2D eigenvalue weighted by Gasteiger charge is 2.36. The predicted molar refractivity (Wildman–Crippen MR) is 109 cm³/mol. The number of hydrogen-bond acceptors (Lipinski definition) is 4. The number of rotatable bonds is 4. The maximum Gasteiger partial charge on any atom is 0.419 e. The second kappa shape index (κ2) is 7.17. The molecule has 4 rings (SSSR count). The Morgan fingerprint density at radius 1 is 1.21 bits per heavy atom. The molecular weight excluding hydrogens is 400 g/mol. The standard InChI is InChI=1S/C20H22F3N4OP/c1-29(2,28)16-9-5-8-13-14(10-24-18(13)16)17-15(20(21,22)23)11-25-19(27-17)26-12-6-3-4-7-12/h5,8-12,24H,3-4,6-7H2,1-2H3,(H,25,26,27). The normalized spacial score (nSPS) is 15.9. The Morgan fingerprint density at radius 2 is 1.93 bits per heavy atom. The van der Waals surface area contributed by atoms with Crippen LogP contribution in [0.4, 0.5) is 19.1 Å². The molecule has 5 nitrogen and oxygen atoms in total. The van der Waals surface area contributed by atoms with Gasteiger partial charge in [0.1, 0.15) is 12.7 Å². The van der Waals surface area contributed by atoms with E-state index in [0.717, 1.165) is 31.9 Å². The van der Waals surface area contributed by atoms with E-state index < -0.39 is 18.9 Å². The van der Waals surface area contributed by atoms with Gasteiger partial charge in [0.15, 0.2) is 0 Å². The number of aromatic nitrogens is 3. The molecule has 1 saturated carbocycles. The van der Waals surface area contributed by atoms with Crippen LogP contribution in [0.25, 0.3) is 22.2 Å². The van der Waals surface area contributed by atoms with Crippen molar-refractivity contribution in [2.45, 2.75) is 37.9 Å². The summed E-state index contributed by atoms with van der Waals surface area (Å²) in [4.78, 5) is 11.2. The zero-order chi connectivity index (χ0) is 20.8. The van der Waals surface area contributed by atoms with Crippen LogP contribution >= 0.6 is 7.14 Å². The summed E-state index contributed by atoms with van der Waals surface area (Å²) < 4.78 is 53.7. The first-order chi connectivity index (χ1) is 13.6. The first-order valence-electron chi connectivity index (χ1n) is 9.51. The van der Waals surface area contributed by atoms with Crippen LogP contribution < -0.4 is 10.6 Å². The zero-order valence-corrected chi connectivity index (χ0v) is 17.1. The van der Waals surface area contributed by atoms with Gasteiger partial charge in [0.2, 0.25) is 5.95 Å². The predicted octanol–water partition coefficient (Wildman–Crippen LogP) is 5.25. The van der Waals surface area contributed by atoms with Gasteiger partial charge in [0, 0.05) is 34.7 Å². The molecule has 0 unspecified atom stereocenters. The Balaban J connectivity index is 1.87. The highest BCUT2D eigenvalue weighted by atomic mass is 31.2. The summed E-state index contributed by atoms with van der Waals surface area (Å²) in [7, 11) is -2.61. The number of para-hydroxylation sites is 1. The van der Waals surface area contributed by atoms with Gasteiger partial charge in [-0.15, -0.1) is 0 Å². The SMILES string of the molecule is CP(C)(=O)c1cccc2c(-c3nc(NC4CCCC4)ncc3C(F)(F)F)c[nH]c12. The van der Waals surface area contributed by atoms with E-state index in [1.54, 1.807) is 31.5 Å². The summed E-state index contributed by atoms with van der Waals surface area (Å²) in [5.74, 6) is 0.196. The molecule has 1 fully saturated rings. The molecule has 0 spiro atoms. The Morgan fingerprint density at radius 3 is 2.59 bits per heavy atom. The lowest BCUT2D eigenvalue weighted by molar-refractivity contribution is -0.137. The highest BCUT2D eigenvalue weighted by molar-refractivity contribution is 7.70. The number of benzene rings is 1. The van der Waals surface area contributed by atoms with Crippen molar-refractivity contribution in [3.63, 3.8) is 0 Å². The topological polar surface area (TPSA) is 70.7 Å². The summed E-state index contributed by atoms with van der Waals surface area (Å²) in [6.07, 6.45) is 1.84. The monoisotopic (exact) mass is 422 g/mol. The molecule has 3 aromatic rings. The average molecular weight is 422 g/mol. The first kappa shape index (κ1) is 20.0. The number of nitrogens with zero attached hydrogens (tertiary/aromatic N) is 2. The van der Waals surface area contributed by atoms with Crippen LogP contribution in [-0.4, -0.2) is 34.3 Å². The lowest BCUT2D eigenvalue weighted by Gasteiger charge is -2.16. The lowest BCUT2D eigenvalue weighted by atomic mass is 10.1. The molecule has 1 aromatic carbocycles. The Kier molecular flexibility index (Phi) is 4.93. The zero-order valence-electron chi connectivity index (χ0n) is 16.2. The van der Waals surface area contributed by atoms with Gasteiger partial charge >= 0.3 is 6.18 Å². The van der Waals surface area contributed by atoms with E-state index in [4.69, 9.17) is 0 Å². The van der Waals surface area contributed by atoms with Gasteiger partial charge in [-0.05, 0) is 32.2 Å². The smallest absolute Gasteiger partial charge is 0.360 e. The Bertz CT molecular complexity index is 1100. The van der Waals surface area contributed by atoms with Crippen LogP contribution in [0.15, 0.2) is 30.6 Å². The fourth-order valence-electron chi connectivity index (χ4n) is 3.90. The van der Waals surface area contributed by atoms with E-state index in [2.05, 4.69) is 20.3 Å².